The van der Waals surface area contributed by atoms with Crippen molar-refractivity contribution in [2.24, 2.45) is 5.16 Å². The summed E-state index contributed by atoms with van der Waals surface area (Å²) in [5.74, 6) is 0.519. The van der Waals surface area contributed by atoms with Crippen LogP contribution in [0.25, 0.3) is 6.08 Å². The van der Waals surface area contributed by atoms with E-state index in [0.717, 1.165) is 11.1 Å². The van der Waals surface area contributed by atoms with Gasteiger partial charge in [-0.05, 0) is 43.2 Å². The van der Waals surface area contributed by atoms with Crippen LogP contribution >= 0.6 is 0 Å². The van der Waals surface area contributed by atoms with Gasteiger partial charge in [0.05, 0.1) is 12.8 Å². The predicted octanol–water partition coefficient (Wildman–Crippen LogP) is 2.65. The third kappa shape index (κ3) is 2.76. The van der Waals surface area contributed by atoms with E-state index in [1.165, 1.54) is 7.11 Å². The van der Waals surface area contributed by atoms with Gasteiger partial charge in [-0.1, -0.05) is 11.2 Å². The second-order valence-corrected chi connectivity index (χ2v) is 3.44. The van der Waals surface area contributed by atoms with Gasteiger partial charge in [0.2, 0.25) is 0 Å². The first-order valence-electron chi connectivity index (χ1n) is 4.82. The summed E-state index contributed by atoms with van der Waals surface area (Å²) < 4.78 is 5.00. The average molecular weight is 221 g/mol. The molecule has 1 aromatic rings. The molecule has 0 atom stereocenters. The first-order valence-corrected chi connectivity index (χ1v) is 4.82. The number of hydrogen-bond acceptors (Lipinski definition) is 4. The van der Waals surface area contributed by atoms with Gasteiger partial charge in [0.1, 0.15) is 0 Å². The van der Waals surface area contributed by atoms with E-state index < -0.39 is 0 Å². The lowest BCUT2D eigenvalue weighted by Gasteiger charge is -2.04. The summed E-state index contributed by atoms with van der Waals surface area (Å²) in [4.78, 5) is 0. The zero-order valence-electron chi connectivity index (χ0n) is 9.56. The average Bonchev–Trinajstić information content (AvgIpc) is 2.30. The van der Waals surface area contributed by atoms with Gasteiger partial charge in [-0.2, -0.15) is 0 Å². The van der Waals surface area contributed by atoms with Crippen LogP contribution in [-0.4, -0.2) is 23.1 Å². The molecule has 16 heavy (non-hydrogen) atoms. The highest BCUT2D eigenvalue weighted by Crippen LogP contribution is 2.27. The molecule has 4 heteroatoms. The first kappa shape index (κ1) is 12.1. The van der Waals surface area contributed by atoms with E-state index in [2.05, 4.69) is 5.16 Å². The Morgan fingerprint density at radius 1 is 1.38 bits per heavy atom. The number of aromatic hydroxyl groups is 1. The minimum Gasteiger partial charge on any atom is -0.504 e. The van der Waals surface area contributed by atoms with Crippen molar-refractivity contribution >= 4 is 11.8 Å². The van der Waals surface area contributed by atoms with Gasteiger partial charge in [-0.3, -0.25) is 0 Å². The van der Waals surface area contributed by atoms with Crippen LogP contribution in [-0.2, 0) is 0 Å². The smallest absolute Gasteiger partial charge is 0.161 e. The van der Waals surface area contributed by atoms with Gasteiger partial charge in [0, 0.05) is 0 Å². The zero-order chi connectivity index (χ0) is 12.1. The molecule has 0 heterocycles. The maximum absolute atomic E-state index is 9.42. The van der Waals surface area contributed by atoms with E-state index in [4.69, 9.17) is 9.94 Å². The molecule has 0 aliphatic heterocycles. The molecule has 0 aromatic heterocycles. The summed E-state index contributed by atoms with van der Waals surface area (Å²) >= 11 is 0. The number of rotatable bonds is 3. The maximum atomic E-state index is 9.42. The lowest BCUT2D eigenvalue weighted by Crippen LogP contribution is -1.92. The summed E-state index contributed by atoms with van der Waals surface area (Å²) in [6, 6.07) is 5.03. The molecule has 1 rings (SSSR count). The highest BCUT2D eigenvalue weighted by molar-refractivity contribution is 6.01. The standard InChI is InChI=1S/C12H15NO3/c1-8(9(2)13-15)6-10-4-5-11(14)12(7-10)16-3/h4-7,14-15H,1-3H3/b8-6-,13-9+. The van der Waals surface area contributed by atoms with Gasteiger partial charge < -0.3 is 15.1 Å². The Morgan fingerprint density at radius 2 is 2.06 bits per heavy atom. The number of phenolic OH excluding ortho intramolecular Hbond substituents is 1. The Bertz CT molecular complexity index is 436. The van der Waals surface area contributed by atoms with Crippen LogP contribution in [0, 0.1) is 0 Å². The quantitative estimate of drug-likeness (QED) is 0.468. The third-order valence-corrected chi connectivity index (χ3v) is 2.31. The van der Waals surface area contributed by atoms with Crippen molar-refractivity contribution in [1.29, 1.82) is 0 Å². The molecule has 0 radical (unpaired) electrons. The fraction of sp³-hybridized carbons (Fsp3) is 0.250. The van der Waals surface area contributed by atoms with Crippen molar-refractivity contribution in [3.63, 3.8) is 0 Å². The van der Waals surface area contributed by atoms with Crippen molar-refractivity contribution < 1.29 is 15.1 Å². The van der Waals surface area contributed by atoms with Crippen LogP contribution in [0.1, 0.15) is 19.4 Å². The Hall–Kier alpha value is -1.97. The van der Waals surface area contributed by atoms with E-state index >= 15 is 0 Å². The van der Waals surface area contributed by atoms with Gasteiger partial charge >= 0.3 is 0 Å². The first-order chi connectivity index (χ1) is 7.58. The van der Waals surface area contributed by atoms with Crippen LogP contribution in [0.2, 0.25) is 0 Å². The number of benzene rings is 1. The molecule has 0 saturated heterocycles. The molecule has 0 aliphatic rings. The topological polar surface area (TPSA) is 62.0 Å². The molecule has 0 saturated carbocycles. The largest absolute Gasteiger partial charge is 0.504 e. The molecule has 0 unspecified atom stereocenters. The molecular weight excluding hydrogens is 206 g/mol. The second-order valence-electron chi connectivity index (χ2n) is 3.44. The highest BCUT2D eigenvalue weighted by Gasteiger charge is 2.02. The molecule has 0 bridgehead atoms. The van der Waals surface area contributed by atoms with E-state index in [0.29, 0.717) is 11.5 Å². The molecule has 2 N–H and O–H groups in total. The molecule has 86 valence electrons. The number of hydrogen-bond donors (Lipinski definition) is 2. The molecule has 1 aromatic carbocycles. The SMILES string of the molecule is COc1cc(/C=C(C)\C(C)=N\O)ccc1O. The second kappa shape index (κ2) is 5.21. The van der Waals surface area contributed by atoms with Crippen LogP contribution < -0.4 is 4.74 Å². The lowest BCUT2D eigenvalue weighted by molar-refractivity contribution is 0.319. The minimum absolute atomic E-state index is 0.102. The van der Waals surface area contributed by atoms with Crippen molar-refractivity contribution in [1.82, 2.24) is 0 Å². The van der Waals surface area contributed by atoms with Crippen LogP contribution in [0.15, 0.2) is 28.9 Å². The summed E-state index contributed by atoms with van der Waals surface area (Å²) in [5, 5.41) is 21.1. The van der Waals surface area contributed by atoms with Crippen molar-refractivity contribution in [3.8, 4) is 11.5 Å². The third-order valence-electron chi connectivity index (χ3n) is 2.31. The van der Waals surface area contributed by atoms with Crippen molar-refractivity contribution in [2.45, 2.75) is 13.8 Å². The van der Waals surface area contributed by atoms with Crippen molar-refractivity contribution in [2.75, 3.05) is 7.11 Å². The van der Waals surface area contributed by atoms with Crippen LogP contribution in [0.5, 0.6) is 11.5 Å². The number of methoxy groups -OCH3 is 1. The molecule has 0 spiro atoms. The summed E-state index contributed by atoms with van der Waals surface area (Å²) in [6.07, 6.45) is 1.84. The predicted molar refractivity (Wildman–Crippen MR) is 63.2 cm³/mol. The monoisotopic (exact) mass is 221 g/mol. The number of nitrogens with zero attached hydrogens (tertiary/aromatic N) is 1. The Balaban J connectivity index is 3.07. The fourth-order valence-electron chi connectivity index (χ4n) is 1.22. The number of phenols is 1. The van der Waals surface area contributed by atoms with Crippen LogP contribution in [0.4, 0.5) is 0 Å². The van der Waals surface area contributed by atoms with Gasteiger partial charge in [0.15, 0.2) is 11.5 Å². The van der Waals surface area contributed by atoms with E-state index in [9.17, 15) is 5.11 Å². The summed E-state index contributed by atoms with van der Waals surface area (Å²) in [7, 11) is 1.50. The van der Waals surface area contributed by atoms with E-state index in [1.807, 2.05) is 13.0 Å². The Kier molecular flexibility index (Phi) is 3.94. The molecule has 0 amide bonds. The van der Waals surface area contributed by atoms with Crippen LogP contribution in [0.3, 0.4) is 0 Å². The molecule has 0 fully saturated rings. The highest BCUT2D eigenvalue weighted by atomic mass is 16.5. The summed E-state index contributed by atoms with van der Waals surface area (Å²) in [5.41, 5.74) is 2.26. The van der Waals surface area contributed by atoms with Crippen molar-refractivity contribution in [3.05, 3.63) is 29.3 Å². The zero-order valence-corrected chi connectivity index (χ0v) is 9.56. The van der Waals surface area contributed by atoms with Gasteiger partial charge in [-0.15, -0.1) is 0 Å². The maximum Gasteiger partial charge on any atom is 0.161 e. The molecule has 4 nitrogen and oxygen atoms in total. The fourth-order valence-corrected chi connectivity index (χ4v) is 1.22. The van der Waals surface area contributed by atoms with E-state index in [1.54, 1.807) is 25.1 Å². The minimum atomic E-state index is 0.102. The molecular formula is C12H15NO3. The van der Waals surface area contributed by atoms with E-state index in [-0.39, 0.29) is 5.75 Å². The lowest BCUT2D eigenvalue weighted by atomic mass is 10.1. The van der Waals surface area contributed by atoms with Gasteiger partial charge in [0.25, 0.3) is 0 Å². The number of ether oxygens (including phenoxy) is 1. The Morgan fingerprint density at radius 3 is 2.62 bits per heavy atom. The summed E-state index contributed by atoms with van der Waals surface area (Å²) in [6.45, 7) is 3.55. The Labute approximate surface area is 94.5 Å². The van der Waals surface area contributed by atoms with Gasteiger partial charge in [-0.25, -0.2) is 0 Å². The number of oxime groups is 1. The normalized spacial score (nSPS) is 12.7. The molecule has 0 aliphatic carbocycles. The number of allylic oxidation sites excluding steroid dienone is 1.